The van der Waals surface area contributed by atoms with E-state index in [0.717, 1.165) is 10.9 Å². The second kappa shape index (κ2) is 6.06. The van der Waals surface area contributed by atoms with Crippen molar-refractivity contribution < 1.29 is 9.15 Å². The van der Waals surface area contributed by atoms with Crippen molar-refractivity contribution in [1.82, 2.24) is 4.98 Å². The summed E-state index contributed by atoms with van der Waals surface area (Å²) in [6.45, 7) is 4.27. The fraction of sp³-hybridized carbons (Fsp3) is 0.143. The zero-order chi connectivity index (χ0) is 17.4. The number of pyridine rings is 1. The highest BCUT2D eigenvalue weighted by molar-refractivity contribution is 5.85. The first-order chi connectivity index (χ1) is 12.2. The standard InChI is InChI=1S/C21H17NO3/c1-3-24-15-9-10-16-19(12-15)25-13(2)20(21(16)23)18-11-8-14-6-4-5-7-17(14)22-18/h4-12H,3H2,1-2H3. The molecule has 0 aliphatic rings. The number of aromatic nitrogens is 1. The Kier molecular flexibility index (Phi) is 3.73. The molecule has 0 aliphatic carbocycles. The largest absolute Gasteiger partial charge is 0.494 e. The summed E-state index contributed by atoms with van der Waals surface area (Å²) in [4.78, 5) is 17.7. The first kappa shape index (κ1) is 15.4. The Hall–Kier alpha value is -3.14. The first-order valence-corrected chi connectivity index (χ1v) is 8.24. The minimum Gasteiger partial charge on any atom is -0.494 e. The topological polar surface area (TPSA) is 52.3 Å². The van der Waals surface area contributed by atoms with Crippen LogP contribution < -0.4 is 10.2 Å². The van der Waals surface area contributed by atoms with Gasteiger partial charge in [-0.05, 0) is 38.1 Å². The summed E-state index contributed by atoms with van der Waals surface area (Å²) >= 11 is 0. The van der Waals surface area contributed by atoms with Gasteiger partial charge in [-0.2, -0.15) is 0 Å². The lowest BCUT2D eigenvalue weighted by Gasteiger charge is -2.09. The second-order valence-electron chi connectivity index (χ2n) is 5.84. The first-order valence-electron chi connectivity index (χ1n) is 8.24. The maximum Gasteiger partial charge on any atom is 0.202 e. The third-order valence-corrected chi connectivity index (χ3v) is 4.21. The van der Waals surface area contributed by atoms with E-state index in [-0.39, 0.29) is 5.43 Å². The Morgan fingerprint density at radius 3 is 2.76 bits per heavy atom. The molecule has 2 heterocycles. The van der Waals surface area contributed by atoms with Crippen LogP contribution in [-0.4, -0.2) is 11.6 Å². The number of aryl methyl sites for hydroxylation is 1. The molecule has 0 bridgehead atoms. The van der Waals surface area contributed by atoms with Gasteiger partial charge in [-0.3, -0.25) is 4.79 Å². The molecule has 0 N–H and O–H groups in total. The summed E-state index contributed by atoms with van der Waals surface area (Å²) < 4.78 is 11.4. The highest BCUT2D eigenvalue weighted by atomic mass is 16.5. The van der Waals surface area contributed by atoms with E-state index in [1.807, 2.05) is 43.3 Å². The Balaban J connectivity index is 1.94. The van der Waals surface area contributed by atoms with Crippen molar-refractivity contribution in [2.45, 2.75) is 13.8 Å². The number of benzene rings is 2. The minimum atomic E-state index is -0.0791. The molecule has 0 spiro atoms. The predicted octanol–water partition coefficient (Wildman–Crippen LogP) is 4.72. The number of hydrogen-bond acceptors (Lipinski definition) is 4. The summed E-state index contributed by atoms with van der Waals surface area (Å²) in [5, 5.41) is 1.56. The van der Waals surface area contributed by atoms with Crippen molar-refractivity contribution in [3.8, 4) is 17.0 Å². The van der Waals surface area contributed by atoms with Gasteiger partial charge < -0.3 is 9.15 Å². The summed E-state index contributed by atoms with van der Waals surface area (Å²) in [6, 6.07) is 17.0. The molecule has 0 amide bonds. The lowest BCUT2D eigenvalue weighted by molar-refractivity contribution is 0.340. The highest BCUT2D eigenvalue weighted by Crippen LogP contribution is 2.26. The molecule has 4 rings (SSSR count). The van der Waals surface area contributed by atoms with Crippen molar-refractivity contribution in [2.75, 3.05) is 6.61 Å². The Bertz CT molecular complexity index is 1140. The molecule has 2 aromatic heterocycles. The number of rotatable bonds is 3. The zero-order valence-corrected chi connectivity index (χ0v) is 14.1. The smallest absolute Gasteiger partial charge is 0.202 e. The van der Waals surface area contributed by atoms with Gasteiger partial charge in [-0.25, -0.2) is 4.98 Å². The monoisotopic (exact) mass is 331 g/mol. The van der Waals surface area contributed by atoms with Crippen molar-refractivity contribution >= 4 is 21.9 Å². The fourth-order valence-electron chi connectivity index (χ4n) is 3.04. The van der Waals surface area contributed by atoms with Crippen LogP contribution in [0, 0.1) is 6.92 Å². The number of nitrogens with zero attached hydrogens (tertiary/aromatic N) is 1. The van der Waals surface area contributed by atoms with Gasteiger partial charge in [-0.15, -0.1) is 0 Å². The predicted molar refractivity (Wildman–Crippen MR) is 99.1 cm³/mol. The van der Waals surface area contributed by atoms with E-state index < -0.39 is 0 Å². The molecule has 0 saturated heterocycles. The van der Waals surface area contributed by atoms with Crippen LogP contribution in [0.2, 0.25) is 0 Å². The van der Waals surface area contributed by atoms with Gasteiger partial charge in [0.2, 0.25) is 5.43 Å². The Morgan fingerprint density at radius 2 is 1.92 bits per heavy atom. The van der Waals surface area contributed by atoms with E-state index in [9.17, 15) is 4.79 Å². The number of ether oxygens (including phenoxy) is 1. The van der Waals surface area contributed by atoms with Gasteiger partial charge >= 0.3 is 0 Å². The van der Waals surface area contributed by atoms with Gasteiger partial charge in [0, 0.05) is 11.5 Å². The molecule has 0 saturated carbocycles. The van der Waals surface area contributed by atoms with Crippen LogP contribution in [0.25, 0.3) is 33.1 Å². The van der Waals surface area contributed by atoms with Gasteiger partial charge in [0.05, 0.1) is 28.8 Å². The molecule has 0 atom stereocenters. The normalized spacial score (nSPS) is 11.1. The molecule has 4 heteroatoms. The molecular formula is C21H17NO3. The molecule has 0 unspecified atom stereocenters. The number of hydrogen-bond donors (Lipinski definition) is 0. The summed E-state index contributed by atoms with van der Waals surface area (Å²) in [7, 11) is 0. The SMILES string of the molecule is CCOc1ccc2c(=O)c(-c3ccc4ccccc4n3)c(C)oc2c1. The van der Waals surface area contributed by atoms with Gasteiger partial charge in [0.25, 0.3) is 0 Å². The average Bonchev–Trinajstić information content (AvgIpc) is 2.61. The number of fused-ring (bicyclic) bond motifs is 2. The second-order valence-corrected chi connectivity index (χ2v) is 5.84. The maximum absolute atomic E-state index is 13.0. The van der Waals surface area contributed by atoms with E-state index in [2.05, 4.69) is 4.98 Å². The summed E-state index contributed by atoms with van der Waals surface area (Å²) in [5.41, 5.74) is 2.43. The summed E-state index contributed by atoms with van der Waals surface area (Å²) in [5.74, 6) is 1.24. The maximum atomic E-state index is 13.0. The minimum absolute atomic E-state index is 0.0791. The average molecular weight is 331 g/mol. The zero-order valence-electron chi connectivity index (χ0n) is 14.1. The third kappa shape index (κ3) is 2.66. The molecule has 0 radical (unpaired) electrons. The highest BCUT2D eigenvalue weighted by Gasteiger charge is 2.15. The van der Waals surface area contributed by atoms with Crippen LogP contribution >= 0.6 is 0 Å². The van der Waals surface area contributed by atoms with Crippen LogP contribution in [0.15, 0.2) is 63.8 Å². The molecule has 0 fully saturated rings. The van der Waals surface area contributed by atoms with Crippen LogP contribution in [-0.2, 0) is 0 Å². The van der Waals surface area contributed by atoms with Crippen molar-refractivity contribution in [1.29, 1.82) is 0 Å². The van der Waals surface area contributed by atoms with E-state index >= 15 is 0 Å². The quantitative estimate of drug-likeness (QED) is 0.545. The lowest BCUT2D eigenvalue weighted by atomic mass is 10.1. The molecule has 124 valence electrons. The molecule has 4 aromatic rings. The van der Waals surface area contributed by atoms with E-state index in [1.165, 1.54) is 0 Å². The Labute approximate surface area is 144 Å². The van der Waals surface area contributed by atoms with Crippen molar-refractivity contribution in [3.63, 3.8) is 0 Å². The van der Waals surface area contributed by atoms with Crippen LogP contribution in [0.5, 0.6) is 5.75 Å². The fourth-order valence-corrected chi connectivity index (χ4v) is 3.04. The Morgan fingerprint density at radius 1 is 1.08 bits per heavy atom. The van der Waals surface area contributed by atoms with Crippen LogP contribution in [0.4, 0.5) is 0 Å². The molecule has 2 aromatic carbocycles. The van der Waals surface area contributed by atoms with Gasteiger partial charge in [0.15, 0.2) is 0 Å². The van der Waals surface area contributed by atoms with Gasteiger partial charge in [0.1, 0.15) is 17.1 Å². The van der Waals surface area contributed by atoms with Crippen molar-refractivity contribution in [3.05, 3.63) is 70.6 Å². The number of para-hydroxylation sites is 1. The van der Waals surface area contributed by atoms with E-state index in [0.29, 0.717) is 40.3 Å². The molecule has 4 nitrogen and oxygen atoms in total. The van der Waals surface area contributed by atoms with Crippen molar-refractivity contribution in [2.24, 2.45) is 0 Å². The van der Waals surface area contributed by atoms with Crippen LogP contribution in [0.3, 0.4) is 0 Å². The lowest BCUT2D eigenvalue weighted by Crippen LogP contribution is -2.08. The molecular weight excluding hydrogens is 314 g/mol. The summed E-state index contributed by atoms with van der Waals surface area (Å²) in [6.07, 6.45) is 0. The molecule has 0 aliphatic heterocycles. The molecule has 25 heavy (non-hydrogen) atoms. The van der Waals surface area contributed by atoms with Crippen LogP contribution in [0.1, 0.15) is 12.7 Å². The van der Waals surface area contributed by atoms with Gasteiger partial charge in [-0.1, -0.05) is 24.3 Å². The third-order valence-electron chi connectivity index (χ3n) is 4.21. The van der Waals surface area contributed by atoms with E-state index in [1.54, 1.807) is 25.1 Å². The van der Waals surface area contributed by atoms with E-state index in [4.69, 9.17) is 9.15 Å².